The molecule has 1 aromatic carbocycles. The van der Waals surface area contributed by atoms with Crippen LogP contribution in [-0.4, -0.2) is 29.7 Å². The number of benzene rings is 1. The highest BCUT2D eigenvalue weighted by atomic mass is 32.2. The predicted octanol–water partition coefficient (Wildman–Crippen LogP) is 1.77. The zero-order valence-electron chi connectivity index (χ0n) is 11.0. The summed E-state index contributed by atoms with van der Waals surface area (Å²) in [5, 5.41) is 4.24. The first-order valence-corrected chi connectivity index (χ1v) is 8.18. The van der Waals surface area contributed by atoms with Crippen LogP contribution in [0.1, 0.15) is 12.5 Å². The molecule has 1 atom stereocenters. The Bertz CT molecular complexity index is 802. The first-order chi connectivity index (χ1) is 9.85. The summed E-state index contributed by atoms with van der Waals surface area (Å²) >= 11 is 0. The molecule has 3 rings (SSSR count). The van der Waals surface area contributed by atoms with Crippen LogP contribution in [0, 0.1) is 11.6 Å². The van der Waals surface area contributed by atoms with Crippen molar-refractivity contribution in [2.45, 2.75) is 12.5 Å². The smallest absolute Gasteiger partial charge is 0.159 e. The van der Waals surface area contributed by atoms with E-state index >= 15 is 0 Å². The highest BCUT2D eigenvalue weighted by Gasteiger charge is 2.30. The number of hydrogen-bond donors (Lipinski definition) is 1. The third-order valence-corrected chi connectivity index (χ3v) is 5.29. The van der Waals surface area contributed by atoms with Gasteiger partial charge in [0.25, 0.3) is 0 Å². The van der Waals surface area contributed by atoms with E-state index in [-0.39, 0.29) is 17.5 Å². The van der Waals surface area contributed by atoms with E-state index < -0.39 is 21.5 Å². The number of halogens is 2. The minimum absolute atomic E-state index is 0.0192. The molecule has 112 valence electrons. The van der Waals surface area contributed by atoms with Crippen molar-refractivity contribution in [2.24, 2.45) is 0 Å². The largest absolute Gasteiger partial charge is 0.396 e. The summed E-state index contributed by atoms with van der Waals surface area (Å²) in [5.41, 5.74) is 6.81. The number of nitrogens with zero attached hydrogens (tertiary/aromatic N) is 2. The molecule has 0 aliphatic carbocycles. The number of nitrogen functional groups attached to an aromatic ring is 1. The molecule has 0 bridgehead atoms. The summed E-state index contributed by atoms with van der Waals surface area (Å²) in [6, 6.07) is 3.14. The molecule has 1 unspecified atom stereocenters. The summed E-state index contributed by atoms with van der Waals surface area (Å²) in [6.07, 6.45) is 2.00. The van der Waals surface area contributed by atoms with Crippen molar-refractivity contribution in [3.8, 4) is 11.3 Å². The Morgan fingerprint density at radius 2 is 2.05 bits per heavy atom. The van der Waals surface area contributed by atoms with E-state index in [1.54, 1.807) is 0 Å². The Labute approximate surface area is 120 Å². The van der Waals surface area contributed by atoms with Crippen LogP contribution >= 0.6 is 0 Å². The van der Waals surface area contributed by atoms with Crippen molar-refractivity contribution >= 4 is 15.5 Å². The summed E-state index contributed by atoms with van der Waals surface area (Å²) in [6.45, 7) is 0. The van der Waals surface area contributed by atoms with Gasteiger partial charge in [0.2, 0.25) is 0 Å². The van der Waals surface area contributed by atoms with Crippen LogP contribution in [0.25, 0.3) is 11.3 Å². The van der Waals surface area contributed by atoms with Crippen molar-refractivity contribution in [1.82, 2.24) is 9.78 Å². The SMILES string of the molecule is Nc1cn(C2CCS(=O)(=O)C2)nc1-c1ccc(F)c(F)c1. The Kier molecular flexibility index (Phi) is 3.20. The number of aromatic nitrogens is 2. The number of sulfone groups is 1. The molecule has 8 heteroatoms. The van der Waals surface area contributed by atoms with Crippen molar-refractivity contribution in [2.75, 3.05) is 17.2 Å². The van der Waals surface area contributed by atoms with Gasteiger partial charge in [-0.1, -0.05) is 0 Å². The lowest BCUT2D eigenvalue weighted by Gasteiger charge is -2.07. The molecule has 5 nitrogen and oxygen atoms in total. The number of anilines is 1. The van der Waals surface area contributed by atoms with E-state index in [9.17, 15) is 17.2 Å². The molecule has 0 radical (unpaired) electrons. The number of rotatable bonds is 2. The molecule has 1 aromatic heterocycles. The van der Waals surface area contributed by atoms with Crippen LogP contribution in [0.15, 0.2) is 24.4 Å². The van der Waals surface area contributed by atoms with Crippen LogP contribution in [-0.2, 0) is 9.84 Å². The fraction of sp³-hybridized carbons (Fsp3) is 0.308. The predicted molar refractivity (Wildman–Crippen MR) is 74.3 cm³/mol. The molecular weight excluding hydrogens is 300 g/mol. The van der Waals surface area contributed by atoms with Crippen LogP contribution in [0.5, 0.6) is 0 Å². The van der Waals surface area contributed by atoms with Crippen molar-refractivity contribution in [3.05, 3.63) is 36.0 Å². The standard InChI is InChI=1S/C13H13F2N3O2S/c14-10-2-1-8(5-11(10)15)13-12(16)6-18(17-13)9-3-4-21(19,20)7-9/h1-2,5-6,9H,3-4,7,16H2. The van der Waals surface area contributed by atoms with E-state index in [4.69, 9.17) is 5.73 Å². The van der Waals surface area contributed by atoms with E-state index in [2.05, 4.69) is 5.10 Å². The maximum Gasteiger partial charge on any atom is 0.159 e. The quantitative estimate of drug-likeness (QED) is 0.916. The van der Waals surface area contributed by atoms with Crippen LogP contribution in [0.4, 0.5) is 14.5 Å². The molecule has 21 heavy (non-hydrogen) atoms. The molecule has 2 aromatic rings. The highest BCUT2D eigenvalue weighted by Crippen LogP contribution is 2.29. The Hall–Kier alpha value is -1.96. The van der Waals surface area contributed by atoms with Gasteiger partial charge >= 0.3 is 0 Å². The third-order valence-electron chi connectivity index (χ3n) is 3.54. The van der Waals surface area contributed by atoms with Gasteiger partial charge in [0.05, 0.1) is 23.2 Å². The molecule has 1 aliphatic heterocycles. The van der Waals surface area contributed by atoms with Gasteiger partial charge in [0, 0.05) is 11.8 Å². The van der Waals surface area contributed by atoms with Gasteiger partial charge in [-0.15, -0.1) is 0 Å². The van der Waals surface area contributed by atoms with Gasteiger partial charge in [-0.25, -0.2) is 17.2 Å². The van der Waals surface area contributed by atoms with Gasteiger partial charge in [0.1, 0.15) is 5.69 Å². The first kappa shape index (κ1) is 14.0. The van der Waals surface area contributed by atoms with Crippen molar-refractivity contribution < 1.29 is 17.2 Å². The molecule has 0 amide bonds. The van der Waals surface area contributed by atoms with Gasteiger partial charge in [-0.2, -0.15) is 5.10 Å². The van der Waals surface area contributed by atoms with Gasteiger partial charge in [0.15, 0.2) is 21.5 Å². The maximum atomic E-state index is 13.3. The van der Waals surface area contributed by atoms with Crippen LogP contribution in [0.3, 0.4) is 0 Å². The van der Waals surface area contributed by atoms with Gasteiger partial charge < -0.3 is 5.73 Å². The average molecular weight is 313 g/mol. The monoisotopic (exact) mass is 313 g/mol. The maximum absolute atomic E-state index is 13.3. The molecule has 0 saturated carbocycles. The minimum atomic E-state index is -3.04. The summed E-state index contributed by atoms with van der Waals surface area (Å²) in [7, 11) is -3.04. The highest BCUT2D eigenvalue weighted by molar-refractivity contribution is 7.91. The number of nitrogens with two attached hydrogens (primary N) is 1. The van der Waals surface area contributed by atoms with Crippen LogP contribution < -0.4 is 5.73 Å². The summed E-state index contributed by atoms with van der Waals surface area (Å²) in [4.78, 5) is 0. The van der Waals surface area contributed by atoms with Crippen molar-refractivity contribution in [1.29, 1.82) is 0 Å². The second-order valence-corrected chi connectivity index (χ2v) is 7.33. The zero-order valence-corrected chi connectivity index (χ0v) is 11.8. The fourth-order valence-corrected chi connectivity index (χ4v) is 4.15. The van der Waals surface area contributed by atoms with E-state index in [1.165, 1.54) is 16.9 Å². The van der Waals surface area contributed by atoms with E-state index in [1.807, 2.05) is 0 Å². The third kappa shape index (κ3) is 2.63. The van der Waals surface area contributed by atoms with Crippen LogP contribution in [0.2, 0.25) is 0 Å². The topological polar surface area (TPSA) is 78.0 Å². The van der Waals surface area contributed by atoms with Gasteiger partial charge in [-0.3, -0.25) is 4.68 Å². The summed E-state index contributed by atoms with van der Waals surface area (Å²) in [5.74, 6) is -1.79. The molecule has 1 fully saturated rings. The normalized spacial score (nSPS) is 20.8. The Morgan fingerprint density at radius 3 is 2.67 bits per heavy atom. The van der Waals surface area contributed by atoms with E-state index in [0.717, 1.165) is 12.1 Å². The molecule has 2 N–H and O–H groups in total. The summed E-state index contributed by atoms with van der Waals surface area (Å²) < 4.78 is 50.7. The molecule has 0 spiro atoms. The van der Waals surface area contributed by atoms with Gasteiger partial charge in [-0.05, 0) is 24.6 Å². The lowest BCUT2D eigenvalue weighted by molar-refractivity contribution is 0.500. The molecular formula is C13H13F2N3O2S. The Morgan fingerprint density at radius 1 is 1.29 bits per heavy atom. The molecule has 2 heterocycles. The lowest BCUT2D eigenvalue weighted by atomic mass is 10.1. The average Bonchev–Trinajstić information content (AvgIpc) is 2.96. The fourth-order valence-electron chi connectivity index (χ4n) is 2.44. The zero-order chi connectivity index (χ0) is 15.2. The lowest BCUT2D eigenvalue weighted by Crippen LogP contribution is -2.11. The van der Waals surface area contributed by atoms with Crippen molar-refractivity contribution in [3.63, 3.8) is 0 Å². The minimum Gasteiger partial charge on any atom is -0.396 e. The molecule has 1 aliphatic rings. The first-order valence-electron chi connectivity index (χ1n) is 6.36. The Balaban J connectivity index is 1.96. The number of hydrogen-bond acceptors (Lipinski definition) is 4. The van der Waals surface area contributed by atoms with E-state index in [0.29, 0.717) is 23.4 Å². The molecule has 1 saturated heterocycles. The second kappa shape index (κ2) is 4.80. The second-order valence-electron chi connectivity index (χ2n) is 5.10.